The first-order chi connectivity index (χ1) is 9.25. The Balaban J connectivity index is 1.68. The van der Waals surface area contributed by atoms with Crippen molar-refractivity contribution in [2.45, 2.75) is 12.8 Å². The molecule has 106 valence electrons. The Kier molecular flexibility index (Phi) is 5.54. The normalized spacial score (nSPS) is 17.2. The van der Waals surface area contributed by atoms with Crippen molar-refractivity contribution in [1.82, 2.24) is 10.2 Å². The van der Waals surface area contributed by atoms with Gasteiger partial charge >= 0.3 is 0 Å². The average molecular weight is 270 g/mol. The molecule has 1 N–H and O–H groups in total. The smallest absolute Gasteiger partial charge is 0.167 e. The molecule has 1 saturated heterocycles. The van der Waals surface area contributed by atoms with Crippen molar-refractivity contribution in [3.63, 3.8) is 0 Å². The SMILES string of the molecule is Fc1ccc(OCCCN2CCCNCC2)c(F)c1. The monoisotopic (exact) mass is 270 g/mol. The van der Waals surface area contributed by atoms with Gasteiger partial charge in [0.15, 0.2) is 11.6 Å². The zero-order valence-corrected chi connectivity index (χ0v) is 11.0. The number of halogens is 2. The first-order valence-corrected chi connectivity index (χ1v) is 6.76. The minimum absolute atomic E-state index is 0.124. The van der Waals surface area contributed by atoms with Crippen molar-refractivity contribution in [2.24, 2.45) is 0 Å². The van der Waals surface area contributed by atoms with E-state index in [0.717, 1.165) is 51.6 Å². The second-order valence-corrected chi connectivity index (χ2v) is 4.72. The average Bonchev–Trinajstić information content (AvgIpc) is 2.65. The fourth-order valence-corrected chi connectivity index (χ4v) is 2.19. The van der Waals surface area contributed by atoms with Crippen molar-refractivity contribution in [1.29, 1.82) is 0 Å². The molecule has 1 heterocycles. The molecular weight excluding hydrogens is 250 g/mol. The van der Waals surface area contributed by atoms with Gasteiger partial charge in [-0.05, 0) is 38.1 Å². The molecule has 0 saturated carbocycles. The second-order valence-electron chi connectivity index (χ2n) is 4.72. The predicted molar refractivity (Wildman–Crippen MR) is 70.4 cm³/mol. The number of hydrogen-bond donors (Lipinski definition) is 1. The number of nitrogens with one attached hydrogen (secondary N) is 1. The minimum Gasteiger partial charge on any atom is -0.490 e. The van der Waals surface area contributed by atoms with Gasteiger partial charge in [-0.3, -0.25) is 0 Å². The van der Waals surface area contributed by atoms with E-state index in [1.54, 1.807) is 0 Å². The highest BCUT2D eigenvalue weighted by Crippen LogP contribution is 2.17. The van der Waals surface area contributed by atoms with Gasteiger partial charge in [0.05, 0.1) is 6.61 Å². The molecule has 0 aliphatic carbocycles. The number of ether oxygens (including phenoxy) is 1. The molecule has 0 radical (unpaired) electrons. The maximum atomic E-state index is 13.3. The lowest BCUT2D eigenvalue weighted by molar-refractivity contribution is 0.238. The van der Waals surface area contributed by atoms with E-state index in [1.165, 1.54) is 12.1 Å². The predicted octanol–water partition coefficient (Wildman–Crippen LogP) is 2.03. The quantitative estimate of drug-likeness (QED) is 0.829. The van der Waals surface area contributed by atoms with E-state index in [1.807, 2.05) is 0 Å². The number of benzene rings is 1. The molecule has 1 fully saturated rings. The maximum Gasteiger partial charge on any atom is 0.167 e. The Morgan fingerprint density at radius 3 is 2.95 bits per heavy atom. The van der Waals surface area contributed by atoms with Gasteiger partial charge in [-0.1, -0.05) is 0 Å². The van der Waals surface area contributed by atoms with Crippen LogP contribution >= 0.6 is 0 Å². The van der Waals surface area contributed by atoms with Crippen LogP contribution in [0, 0.1) is 11.6 Å². The van der Waals surface area contributed by atoms with Crippen molar-refractivity contribution < 1.29 is 13.5 Å². The highest BCUT2D eigenvalue weighted by atomic mass is 19.1. The van der Waals surface area contributed by atoms with Crippen molar-refractivity contribution in [2.75, 3.05) is 39.3 Å². The third kappa shape index (κ3) is 4.76. The van der Waals surface area contributed by atoms with Crippen LogP contribution in [-0.2, 0) is 0 Å². The van der Waals surface area contributed by atoms with E-state index < -0.39 is 11.6 Å². The molecule has 3 nitrogen and oxygen atoms in total. The van der Waals surface area contributed by atoms with Gasteiger partial charge in [0.2, 0.25) is 0 Å². The maximum absolute atomic E-state index is 13.3. The number of rotatable bonds is 5. The van der Waals surface area contributed by atoms with Crippen LogP contribution in [0.25, 0.3) is 0 Å². The molecule has 0 amide bonds. The highest BCUT2D eigenvalue weighted by molar-refractivity contribution is 5.24. The fourth-order valence-electron chi connectivity index (χ4n) is 2.19. The summed E-state index contributed by atoms with van der Waals surface area (Å²) in [5, 5.41) is 3.35. The topological polar surface area (TPSA) is 24.5 Å². The van der Waals surface area contributed by atoms with E-state index in [0.29, 0.717) is 6.61 Å². The van der Waals surface area contributed by atoms with Crippen LogP contribution < -0.4 is 10.1 Å². The van der Waals surface area contributed by atoms with Crippen LogP contribution in [0.2, 0.25) is 0 Å². The van der Waals surface area contributed by atoms with Gasteiger partial charge in [-0.15, -0.1) is 0 Å². The zero-order chi connectivity index (χ0) is 13.5. The summed E-state index contributed by atoms with van der Waals surface area (Å²) in [5.41, 5.74) is 0. The lowest BCUT2D eigenvalue weighted by Gasteiger charge is -2.19. The van der Waals surface area contributed by atoms with Gasteiger partial charge in [0, 0.05) is 25.7 Å². The third-order valence-corrected chi connectivity index (χ3v) is 3.20. The third-order valence-electron chi connectivity index (χ3n) is 3.20. The Labute approximate surface area is 112 Å². The standard InChI is InChI=1S/C14H20F2N2O/c15-12-3-4-14(13(16)11-12)19-10-2-8-18-7-1-5-17-6-9-18/h3-4,11,17H,1-2,5-10H2. The van der Waals surface area contributed by atoms with Crippen LogP contribution in [-0.4, -0.2) is 44.2 Å². The van der Waals surface area contributed by atoms with Crippen LogP contribution in [0.15, 0.2) is 18.2 Å². The fraction of sp³-hybridized carbons (Fsp3) is 0.571. The first-order valence-electron chi connectivity index (χ1n) is 6.76. The molecule has 0 spiro atoms. The molecule has 1 aromatic rings. The van der Waals surface area contributed by atoms with Crippen LogP contribution in [0.3, 0.4) is 0 Å². The van der Waals surface area contributed by atoms with Gasteiger partial charge in [-0.25, -0.2) is 8.78 Å². The Morgan fingerprint density at radius 1 is 1.21 bits per heavy atom. The van der Waals surface area contributed by atoms with Crippen LogP contribution in [0.1, 0.15) is 12.8 Å². The molecular formula is C14H20F2N2O. The van der Waals surface area contributed by atoms with Crippen LogP contribution in [0.4, 0.5) is 8.78 Å². The summed E-state index contributed by atoms with van der Waals surface area (Å²) in [6.45, 7) is 5.64. The molecule has 5 heteroatoms. The van der Waals surface area contributed by atoms with E-state index in [9.17, 15) is 8.78 Å². The van der Waals surface area contributed by atoms with Crippen molar-refractivity contribution >= 4 is 0 Å². The number of hydrogen-bond acceptors (Lipinski definition) is 3. The summed E-state index contributed by atoms with van der Waals surface area (Å²) in [5.74, 6) is -1.10. The summed E-state index contributed by atoms with van der Waals surface area (Å²) < 4.78 is 31.3. The van der Waals surface area contributed by atoms with E-state index in [2.05, 4.69) is 10.2 Å². The summed E-state index contributed by atoms with van der Waals surface area (Å²) in [6.07, 6.45) is 2.00. The van der Waals surface area contributed by atoms with E-state index >= 15 is 0 Å². The molecule has 0 aromatic heterocycles. The molecule has 0 atom stereocenters. The zero-order valence-electron chi connectivity index (χ0n) is 11.0. The van der Waals surface area contributed by atoms with Crippen molar-refractivity contribution in [3.8, 4) is 5.75 Å². The first kappa shape index (κ1) is 14.2. The van der Waals surface area contributed by atoms with E-state index in [-0.39, 0.29) is 5.75 Å². The molecule has 19 heavy (non-hydrogen) atoms. The molecule has 0 bridgehead atoms. The van der Waals surface area contributed by atoms with Gasteiger partial charge in [0.1, 0.15) is 5.82 Å². The Morgan fingerprint density at radius 2 is 2.11 bits per heavy atom. The Hall–Kier alpha value is -1.20. The van der Waals surface area contributed by atoms with E-state index in [4.69, 9.17) is 4.74 Å². The summed E-state index contributed by atoms with van der Waals surface area (Å²) in [7, 11) is 0. The van der Waals surface area contributed by atoms with Gasteiger partial charge < -0.3 is 15.0 Å². The highest BCUT2D eigenvalue weighted by Gasteiger charge is 2.08. The molecule has 1 aliphatic heterocycles. The Bertz CT molecular complexity index is 393. The lowest BCUT2D eigenvalue weighted by atomic mass is 10.3. The van der Waals surface area contributed by atoms with Crippen molar-refractivity contribution in [3.05, 3.63) is 29.8 Å². The van der Waals surface area contributed by atoms with Gasteiger partial charge in [0.25, 0.3) is 0 Å². The summed E-state index contributed by atoms with van der Waals surface area (Å²) >= 11 is 0. The number of nitrogens with zero attached hydrogens (tertiary/aromatic N) is 1. The second kappa shape index (κ2) is 7.40. The summed E-state index contributed by atoms with van der Waals surface area (Å²) in [6, 6.07) is 3.38. The molecule has 2 rings (SSSR count). The molecule has 0 unspecified atom stereocenters. The molecule has 1 aromatic carbocycles. The minimum atomic E-state index is -0.640. The summed E-state index contributed by atoms with van der Waals surface area (Å²) in [4.78, 5) is 2.38. The van der Waals surface area contributed by atoms with Gasteiger partial charge in [-0.2, -0.15) is 0 Å². The largest absolute Gasteiger partial charge is 0.490 e. The molecule has 1 aliphatic rings. The van der Waals surface area contributed by atoms with Crippen LogP contribution in [0.5, 0.6) is 5.75 Å². The lowest BCUT2D eigenvalue weighted by Crippen LogP contribution is -2.29.